The zero-order valence-corrected chi connectivity index (χ0v) is 8.94. The Labute approximate surface area is 87.9 Å². The van der Waals surface area contributed by atoms with Crippen molar-refractivity contribution in [2.24, 2.45) is 0 Å². The molecular formula is C9H14N4O2. The first-order valence-electron chi connectivity index (χ1n) is 4.48. The number of nitrogens with one attached hydrogen (secondary N) is 1. The van der Waals surface area contributed by atoms with Gasteiger partial charge >= 0.3 is 5.97 Å². The van der Waals surface area contributed by atoms with Crippen LogP contribution in [-0.2, 0) is 9.53 Å². The summed E-state index contributed by atoms with van der Waals surface area (Å²) in [4.78, 5) is 19.1. The third-order valence-corrected chi connectivity index (χ3v) is 1.78. The highest BCUT2D eigenvalue weighted by Crippen LogP contribution is 2.09. The van der Waals surface area contributed by atoms with Gasteiger partial charge < -0.3 is 15.8 Å². The minimum atomic E-state index is -0.469. The van der Waals surface area contributed by atoms with Gasteiger partial charge in [-0.15, -0.1) is 0 Å². The van der Waals surface area contributed by atoms with E-state index in [1.54, 1.807) is 19.9 Å². The van der Waals surface area contributed by atoms with Crippen LogP contribution in [0.5, 0.6) is 0 Å². The van der Waals surface area contributed by atoms with E-state index in [-0.39, 0.29) is 5.97 Å². The Kier molecular flexibility index (Phi) is 3.43. The largest absolute Gasteiger partial charge is 0.467 e. The number of nitrogens with two attached hydrogens (primary N) is 1. The lowest BCUT2D eigenvalue weighted by Gasteiger charge is -2.12. The van der Waals surface area contributed by atoms with Crippen molar-refractivity contribution in [3.05, 3.63) is 11.9 Å². The first kappa shape index (κ1) is 11.2. The molecule has 0 saturated heterocycles. The van der Waals surface area contributed by atoms with E-state index in [0.29, 0.717) is 17.5 Å². The second kappa shape index (κ2) is 4.59. The second-order valence-electron chi connectivity index (χ2n) is 3.11. The Morgan fingerprint density at radius 3 is 2.80 bits per heavy atom. The summed E-state index contributed by atoms with van der Waals surface area (Å²) in [6.45, 7) is 3.41. The molecule has 1 aromatic rings. The molecule has 0 bridgehead atoms. The summed E-state index contributed by atoms with van der Waals surface area (Å²) in [5.74, 6) is 1.07. The Hall–Kier alpha value is -1.85. The summed E-state index contributed by atoms with van der Waals surface area (Å²) in [7, 11) is 1.33. The Morgan fingerprint density at radius 2 is 2.27 bits per heavy atom. The van der Waals surface area contributed by atoms with Crippen molar-refractivity contribution in [1.82, 2.24) is 9.97 Å². The lowest BCUT2D eigenvalue weighted by atomic mass is 10.3. The zero-order valence-electron chi connectivity index (χ0n) is 8.94. The molecule has 0 aliphatic rings. The van der Waals surface area contributed by atoms with E-state index in [1.807, 2.05) is 0 Å². The predicted octanol–water partition coefficient (Wildman–Crippen LogP) is 0.341. The van der Waals surface area contributed by atoms with Crippen LogP contribution < -0.4 is 11.1 Å². The summed E-state index contributed by atoms with van der Waals surface area (Å²) >= 11 is 0. The van der Waals surface area contributed by atoms with Crippen LogP contribution in [0.2, 0.25) is 0 Å². The number of carbonyl (C=O) groups is 1. The topological polar surface area (TPSA) is 90.1 Å². The van der Waals surface area contributed by atoms with Crippen molar-refractivity contribution >= 4 is 17.6 Å². The second-order valence-corrected chi connectivity index (χ2v) is 3.11. The smallest absolute Gasteiger partial charge is 0.328 e. The van der Waals surface area contributed by atoms with Crippen molar-refractivity contribution in [3.63, 3.8) is 0 Å². The molecule has 1 unspecified atom stereocenters. The number of nitrogen functional groups attached to an aromatic ring is 1. The maximum absolute atomic E-state index is 11.1. The van der Waals surface area contributed by atoms with Gasteiger partial charge in [0.15, 0.2) is 0 Å². The standard InChI is InChI=1S/C9H14N4O2/c1-5(9(14)15-3)11-8-4-7(10)12-6(2)13-8/h4-5H,1-3H3,(H3,10,11,12,13). The Balaban J connectivity index is 2.76. The van der Waals surface area contributed by atoms with Crippen LogP contribution in [0.1, 0.15) is 12.7 Å². The van der Waals surface area contributed by atoms with Crippen molar-refractivity contribution in [3.8, 4) is 0 Å². The van der Waals surface area contributed by atoms with Crippen LogP contribution in [0.25, 0.3) is 0 Å². The summed E-state index contributed by atoms with van der Waals surface area (Å²) in [6, 6.07) is 1.09. The molecule has 15 heavy (non-hydrogen) atoms. The van der Waals surface area contributed by atoms with E-state index in [9.17, 15) is 4.79 Å². The van der Waals surface area contributed by atoms with E-state index in [0.717, 1.165) is 0 Å². The molecule has 6 heteroatoms. The van der Waals surface area contributed by atoms with Gasteiger partial charge in [-0.25, -0.2) is 14.8 Å². The summed E-state index contributed by atoms with van der Waals surface area (Å²) in [6.07, 6.45) is 0. The van der Waals surface area contributed by atoms with Crippen LogP contribution in [0.15, 0.2) is 6.07 Å². The van der Waals surface area contributed by atoms with Crippen LogP contribution >= 0.6 is 0 Å². The molecule has 1 atom stereocenters. The fourth-order valence-electron chi connectivity index (χ4n) is 1.12. The molecule has 0 aliphatic heterocycles. The van der Waals surface area contributed by atoms with Crippen molar-refractivity contribution in [1.29, 1.82) is 0 Å². The van der Waals surface area contributed by atoms with E-state index < -0.39 is 6.04 Å². The highest BCUT2D eigenvalue weighted by molar-refractivity contribution is 5.78. The average Bonchev–Trinajstić information content (AvgIpc) is 2.14. The zero-order chi connectivity index (χ0) is 11.4. The number of methoxy groups -OCH3 is 1. The summed E-state index contributed by atoms with van der Waals surface area (Å²) < 4.78 is 4.57. The first-order valence-corrected chi connectivity index (χ1v) is 4.48. The number of hydrogen-bond donors (Lipinski definition) is 2. The summed E-state index contributed by atoms with van der Waals surface area (Å²) in [5.41, 5.74) is 5.54. The molecule has 1 aromatic heterocycles. The highest BCUT2D eigenvalue weighted by Gasteiger charge is 2.13. The number of nitrogens with zero attached hydrogens (tertiary/aromatic N) is 2. The van der Waals surface area contributed by atoms with Gasteiger partial charge in [0.05, 0.1) is 7.11 Å². The van der Waals surface area contributed by atoms with E-state index in [1.165, 1.54) is 7.11 Å². The van der Waals surface area contributed by atoms with Gasteiger partial charge in [0.2, 0.25) is 0 Å². The van der Waals surface area contributed by atoms with Crippen molar-refractivity contribution in [2.45, 2.75) is 19.9 Å². The number of hydrogen-bond acceptors (Lipinski definition) is 6. The van der Waals surface area contributed by atoms with E-state index in [2.05, 4.69) is 20.0 Å². The lowest BCUT2D eigenvalue weighted by Crippen LogP contribution is -2.27. The van der Waals surface area contributed by atoms with E-state index in [4.69, 9.17) is 5.73 Å². The van der Waals surface area contributed by atoms with Crippen LogP contribution in [-0.4, -0.2) is 29.1 Å². The maximum Gasteiger partial charge on any atom is 0.328 e. The fraction of sp³-hybridized carbons (Fsp3) is 0.444. The molecule has 3 N–H and O–H groups in total. The monoisotopic (exact) mass is 210 g/mol. The number of esters is 1. The molecule has 0 spiro atoms. The molecule has 0 fully saturated rings. The van der Waals surface area contributed by atoms with E-state index >= 15 is 0 Å². The molecule has 0 saturated carbocycles. The average molecular weight is 210 g/mol. The number of carbonyl (C=O) groups excluding carboxylic acids is 1. The normalized spacial score (nSPS) is 11.9. The number of anilines is 2. The molecule has 1 heterocycles. The van der Waals surface area contributed by atoms with Gasteiger partial charge in [0.25, 0.3) is 0 Å². The Bertz CT molecular complexity index is 347. The van der Waals surface area contributed by atoms with Gasteiger partial charge in [0.1, 0.15) is 23.5 Å². The van der Waals surface area contributed by atoms with Crippen LogP contribution in [0, 0.1) is 6.92 Å². The molecule has 0 amide bonds. The predicted molar refractivity (Wildman–Crippen MR) is 56.3 cm³/mol. The highest BCUT2D eigenvalue weighted by atomic mass is 16.5. The van der Waals surface area contributed by atoms with Gasteiger partial charge in [0, 0.05) is 6.07 Å². The number of rotatable bonds is 3. The molecule has 1 rings (SSSR count). The minimum Gasteiger partial charge on any atom is -0.467 e. The Morgan fingerprint density at radius 1 is 1.60 bits per heavy atom. The molecule has 0 aliphatic carbocycles. The van der Waals surface area contributed by atoms with Crippen LogP contribution in [0.4, 0.5) is 11.6 Å². The number of aryl methyl sites for hydroxylation is 1. The minimum absolute atomic E-state index is 0.357. The molecule has 0 radical (unpaired) electrons. The van der Waals surface area contributed by atoms with Crippen molar-refractivity contribution < 1.29 is 9.53 Å². The SMILES string of the molecule is COC(=O)C(C)Nc1cc(N)nc(C)n1. The molecule has 0 aromatic carbocycles. The molecule has 6 nitrogen and oxygen atoms in total. The van der Waals surface area contributed by atoms with Gasteiger partial charge in [-0.3, -0.25) is 0 Å². The van der Waals surface area contributed by atoms with Gasteiger partial charge in [-0.1, -0.05) is 0 Å². The summed E-state index contributed by atoms with van der Waals surface area (Å²) in [5, 5.41) is 2.87. The third kappa shape index (κ3) is 3.08. The number of ether oxygens (including phenoxy) is 1. The quantitative estimate of drug-likeness (QED) is 0.699. The lowest BCUT2D eigenvalue weighted by molar-refractivity contribution is -0.141. The maximum atomic E-state index is 11.1. The molecular weight excluding hydrogens is 196 g/mol. The van der Waals surface area contributed by atoms with Crippen molar-refractivity contribution in [2.75, 3.05) is 18.2 Å². The molecule has 82 valence electrons. The third-order valence-electron chi connectivity index (χ3n) is 1.78. The first-order chi connectivity index (χ1) is 7.02. The van der Waals surface area contributed by atoms with Gasteiger partial charge in [-0.2, -0.15) is 0 Å². The fourth-order valence-corrected chi connectivity index (χ4v) is 1.12. The van der Waals surface area contributed by atoms with Gasteiger partial charge in [-0.05, 0) is 13.8 Å². The van der Waals surface area contributed by atoms with Crippen LogP contribution in [0.3, 0.4) is 0 Å². The number of aromatic nitrogens is 2.